The number of sulfonamides is 1. The summed E-state index contributed by atoms with van der Waals surface area (Å²) < 4.78 is 39.8. The van der Waals surface area contributed by atoms with Crippen molar-refractivity contribution in [2.75, 3.05) is 51.2 Å². The zero-order valence-electron chi connectivity index (χ0n) is 19.1. The smallest absolute Gasteiger partial charge is 0.265 e. The van der Waals surface area contributed by atoms with Gasteiger partial charge < -0.3 is 14.4 Å². The molecule has 1 unspecified atom stereocenters. The molecule has 0 bridgehead atoms. The van der Waals surface area contributed by atoms with E-state index in [0.29, 0.717) is 30.4 Å². The van der Waals surface area contributed by atoms with Gasteiger partial charge in [-0.25, -0.2) is 8.42 Å². The van der Waals surface area contributed by atoms with Crippen LogP contribution >= 0.6 is 0 Å². The van der Waals surface area contributed by atoms with E-state index in [2.05, 4.69) is 9.62 Å². The number of carbonyl (C=O) groups is 1. The molecule has 0 spiro atoms. The first-order chi connectivity index (χ1) is 15.9. The number of piperazine rings is 1. The second-order valence-corrected chi connectivity index (χ2v) is 10.2. The highest BCUT2D eigenvalue weighted by molar-refractivity contribution is 7.92. The van der Waals surface area contributed by atoms with E-state index in [1.54, 1.807) is 23.1 Å². The molecule has 4 rings (SSSR count). The number of benzene rings is 2. The number of anilines is 1. The molecule has 8 nitrogen and oxygen atoms in total. The van der Waals surface area contributed by atoms with Crippen LogP contribution in [-0.2, 0) is 14.8 Å². The number of nitrogens with one attached hydrogen (secondary N) is 1. The van der Waals surface area contributed by atoms with Gasteiger partial charge in [-0.15, -0.1) is 0 Å². The normalized spacial score (nSPS) is 19.5. The summed E-state index contributed by atoms with van der Waals surface area (Å²) in [7, 11) is -2.53. The number of amides is 1. The van der Waals surface area contributed by atoms with Crippen molar-refractivity contribution in [1.82, 2.24) is 9.80 Å². The molecule has 2 heterocycles. The quantitative estimate of drug-likeness (QED) is 0.665. The monoisotopic (exact) mass is 473 g/mol. The van der Waals surface area contributed by atoms with E-state index in [9.17, 15) is 13.2 Å². The highest BCUT2D eigenvalue weighted by Crippen LogP contribution is 2.28. The molecule has 2 aliphatic heterocycles. The van der Waals surface area contributed by atoms with Gasteiger partial charge in [-0.05, 0) is 50.1 Å². The lowest BCUT2D eigenvalue weighted by Gasteiger charge is -2.35. The minimum atomic E-state index is -3.95. The van der Waals surface area contributed by atoms with Crippen molar-refractivity contribution in [2.45, 2.75) is 30.8 Å². The topological polar surface area (TPSA) is 88.2 Å². The van der Waals surface area contributed by atoms with Crippen molar-refractivity contribution >= 4 is 21.6 Å². The van der Waals surface area contributed by atoms with Gasteiger partial charge in [-0.3, -0.25) is 14.4 Å². The summed E-state index contributed by atoms with van der Waals surface area (Å²) in [6.45, 7) is 6.42. The molecular formula is C24H31N3O5S. The third-order valence-corrected chi connectivity index (χ3v) is 7.55. The molecule has 1 atom stereocenters. The summed E-state index contributed by atoms with van der Waals surface area (Å²) in [6.07, 6.45) is 2.51. The van der Waals surface area contributed by atoms with Gasteiger partial charge in [0.15, 0.2) is 0 Å². The van der Waals surface area contributed by atoms with Crippen LogP contribution in [0.5, 0.6) is 5.75 Å². The van der Waals surface area contributed by atoms with Crippen LogP contribution in [0, 0.1) is 6.92 Å². The van der Waals surface area contributed by atoms with Crippen LogP contribution in [0.15, 0.2) is 47.4 Å². The van der Waals surface area contributed by atoms with Gasteiger partial charge in [0.05, 0.1) is 13.2 Å². The van der Waals surface area contributed by atoms with E-state index >= 15 is 0 Å². The highest BCUT2D eigenvalue weighted by atomic mass is 32.2. The average molecular weight is 474 g/mol. The number of carbonyl (C=O) groups excluding carboxylic acids is 1. The molecule has 0 radical (unpaired) electrons. The van der Waals surface area contributed by atoms with Crippen LogP contribution in [0.25, 0.3) is 0 Å². The van der Waals surface area contributed by atoms with Crippen molar-refractivity contribution in [3.63, 3.8) is 0 Å². The largest absolute Gasteiger partial charge is 0.495 e. The average Bonchev–Trinajstić information content (AvgIpc) is 3.33. The first kappa shape index (κ1) is 23.5. The Morgan fingerprint density at radius 1 is 1.12 bits per heavy atom. The third-order valence-electron chi connectivity index (χ3n) is 6.15. The van der Waals surface area contributed by atoms with Crippen molar-refractivity contribution in [3.05, 3.63) is 53.6 Å². The molecule has 0 saturated carbocycles. The molecule has 2 fully saturated rings. The lowest BCUT2D eigenvalue weighted by atomic mass is 10.1. The number of aryl methyl sites for hydroxylation is 1. The highest BCUT2D eigenvalue weighted by Gasteiger charge is 2.27. The molecule has 0 aromatic heterocycles. The summed E-state index contributed by atoms with van der Waals surface area (Å²) in [5.74, 6) is 0.00810. The van der Waals surface area contributed by atoms with Crippen LogP contribution in [0.4, 0.5) is 5.69 Å². The second-order valence-electron chi connectivity index (χ2n) is 8.56. The molecule has 1 amide bonds. The molecule has 178 valence electrons. The van der Waals surface area contributed by atoms with Crippen molar-refractivity contribution < 1.29 is 22.7 Å². The number of hydrogen-bond acceptors (Lipinski definition) is 6. The number of hydrogen-bond donors (Lipinski definition) is 1. The first-order valence-corrected chi connectivity index (χ1v) is 12.7. The molecule has 9 heteroatoms. The third kappa shape index (κ3) is 5.66. The van der Waals surface area contributed by atoms with E-state index in [-0.39, 0.29) is 16.6 Å². The van der Waals surface area contributed by atoms with E-state index in [0.717, 1.165) is 44.6 Å². The van der Waals surface area contributed by atoms with Crippen LogP contribution in [0.2, 0.25) is 0 Å². The number of nitrogens with zero attached hydrogens (tertiary/aromatic N) is 2. The molecule has 2 aromatic rings. The molecule has 2 aliphatic rings. The van der Waals surface area contributed by atoms with E-state index in [1.165, 1.54) is 19.2 Å². The fourth-order valence-electron chi connectivity index (χ4n) is 4.24. The van der Waals surface area contributed by atoms with Gasteiger partial charge in [0.25, 0.3) is 15.9 Å². The second kappa shape index (κ2) is 10.1. The van der Waals surface area contributed by atoms with Gasteiger partial charge in [0.1, 0.15) is 10.6 Å². The fourth-order valence-corrected chi connectivity index (χ4v) is 5.50. The molecular weight excluding hydrogens is 442 g/mol. The van der Waals surface area contributed by atoms with Crippen LogP contribution in [-0.4, -0.2) is 76.7 Å². The Labute approximate surface area is 195 Å². The molecule has 33 heavy (non-hydrogen) atoms. The van der Waals surface area contributed by atoms with Gasteiger partial charge in [-0.1, -0.05) is 17.7 Å². The van der Waals surface area contributed by atoms with Crippen molar-refractivity contribution in [3.8, 4) is 5.75 Å². The summed E-state index contributed by atoms with van der Waals surface area (Å²) in [5.41, 5.74) is 1.80. The summed E-state index contributed by atoms with van der Waals surface area (Å²) in [5, 5.41) is 0. The molecule has 0 aliphatic carbocycles. The van der Waals surface area contributed by atoms with Crippen LogP contribution in [0.1, 0.15) is 28.8 Å². The minimum absolute atomic E-state index is 0.0616. The number of methoxy groups -OCH3 is 1. The zero-order valence-corrected chi connectivity index (χ0v) is 19.9. The Hall–Kier alpha value is -2.62. The van der Waals surface area contributed by atoms with Gasteiger partial charge in [-0.2, -0.15) is 0 Å². The Morgan fingerprint density at radius 3 is 2.48 bits per heavy atom. The maximum absolute atomic E-state index is 13.2. The van der Waals surface area contributed by atoms with Crippen LogP contribution < -0.4 is 9.46 Å². The van der Waals surface area contributed by atoms with Crippen molar-refractivity contribution in [2.24, 2.45) is 0 Å². The predicted molar refractivity (Wildman–Crippen MR) is 126 cm³/mol. The summed E-state index contributed by atoms with van der Waals surface area (Å²) >= 11 is 0. The summed E-state index contributed by atoms with van der Waals surface area (Å²) in [6, 6.07) is 11.6. The van der Waals surface area contributed by atoms with Gasteiger partial charge in [0, 0.05) is 50.6 Å². The van der Waals surface area contributed by atoms with Gasteiger partial charge >= 0.3 is 0 Å². The minimum Gasteiger partial charge on any atom is -0.495 e. The molecule has 1 N–H and O–H groups in total. The van der Waals surface area contributed by atoms with E-state index in [4.69, 9.17) is 9.47 Å². The fraction of sp³-hybridized carbons (Fsp3) is 0.458. The Morgan fingerprint density at radius 2 is 1.85 bits per heavy atom. The van der Waals surface area contributed by atoms with Crippen LogP contribution in [0.3, 0.4) is 0 Å². The summed E-state index contributed by atoms with van der Waals surface area (Å²) in [4.78, 5) is 17.2. The lowest BCUT2D eigenvalue weighted by Crippen LogP contribution is -2.50. The first-order valence-electron chi connectivity index (χ1n) is 11.3. The molecule has 2 aromatic carbocycles. The van der Waals surface area contributed by atoms with Crippen molar-refractivity contribution in [1.29, 1.82) is 0 Å². The Balaban J connectivity index is 1.46. The van der Waals surface area contributed by atoms with E-state index in [1.807, 2.05) is 19.1 Å². The Kier molecular flexibility index (Phi) is 7.21. The SMILES string of the molecule is COc1ccc(C(=O)N2CCN(CC3CCCO3)CC2)cc1S(=O)(=O)Nc1ccc(C)cc1. The lowest BCUT2D eigenvalue weighted by molar-refractivity contribution is 0.0432. The zero-order chi connectivity index (χ0) is 23.4. The standard InChI is InChI=1S/C24H31N3O5S/c1-18-5-8-20(9-6-18)25-33(29,30)23-16-19(7-10-22(23)31-2)24(28)27-13-11-26(12-14-27)17-21-4-3-15-32-21/h5-10,16,21,25H,3-4,11-15,17H2,1-2H3. The van der Waals surface area contributed by atoms with E-state index < -0.39 is 10.0 Å². The number of ether oxygens (including phenoxy) is 2. The number of rotatable bonds is 7. The predicted octanol–water partition coefficient (Wildman–Crippen LogP) is 2.74. The van der Waals surface area contributed by atoms with Gasteiger partial charge in [0.2, 0.25) is 0 Å². The maximum Gasteiger partial charge on any atom is 0.265 e. The molecule has 2 saturated heterocycles. The maximum atomic E-state index is 13.2. The Bertz CT molecular complexity index is 1070.